The number of halogens is 2. The topological polar surface area (TPSA) is 80.3 Å². The van der Waals surface area contributed by atoms with Crippen molar-refractivity contribution in [1.29, 1.82) is 0 Å². The summed E-state index contributed by atoms with van der Waals surface area (Å²) in [5.41, 5.74) is 0.582. The molecule has 0 aliphatic heterocycles. The van der Waals surface area contributed by atoms with E-state index >= 15 is 0 Å². The third-order valence-electron chi connectivity index (χ3n) is 2.78. The number of amides is 1. The van der Waals surface area contributed by atoms with Crippen LogP contribution in [-0.2, 0) is 19.9 Å². The van der Waals surface area contributed by atoms with Gasteiger partial charge in [0.15, 0.2) is 0 Å². The molecular weight excluding hydrogens is 357 g/mol. The second-order valence-corrected chi connectivity index (χ2v) is 9.04. The summed E-state index contributed by atoms with van der Waals surface area (Å²) in [5.74, 6) is 0.369. The Hall–Kier alpha value is -0.630. The molecule has 0 bridgehead atoms. The van der Waals surface area contributed by atoms with E-state index in [1.807, 2.05) is 0 Å². The van der Waals surface area contributed by atoms with Gasteiger partial charge in [0.25, 0.3) is 15.0 Å². The van der Waals surface area contributed by atoms with E-state index in [-0.39, 0.29) is 22.0 Å². The molecule has 21 heavy (non-hydrogen) atoms. The molecule has 0 aliphatic rings. The van der Waals surface area contributed by atoms with Gasteiger partial charge in [-0.25, -0.2) is 8.42 Å². The molecule has 0 fully saturated rings. The Labute approximate surface area is 135 Å². The normalized spacial score (nSPS) is 13.0. The fourth-order valence-corrected chi connectivity index (χ4v) is 3.24. The molecule has 1 unspecified atom stereocenters. The fraction of sp³-hybridized carbons (Fsp3) is 0.417. The summed E-state index contributed by atoms with van der Waals surface area (Å²) in [4.78, 5) is 11.8. The van der Waals surface area contributed by atoms with Crippen LogP contribution in [0.1, 0.15) is 22.8 Å². The zero-order valence-corrected chi connectivity index (χ0v) is 14.6. The minimum atomic E-state index is -3.98. The highest BCUT2D eigenvalue weighted by molar-refractivity contribution is 8.13. The van der Waals surface area contributed by atoms with Gasteiger partial charge in [-0.05, 0) is 24.6 Å². The van der Waals surface area contributed by atoms with Crippen LogP contribution in [0.4, 0.5) is 0 Å². The Morgan fingerprint density at radius 2 is 2.00 bits per heavy atom. The monoisotopic (exact) mass is 371 g/mol. The molecule has 0 aliphatic carbocycles. The van der Waals surface area contributed by atoms with Gasteiger partial charge in [-0.15, -0.1) is 0 Å². The molecule has 0 saturated heterocycles. The SMILES string of the molecule is CCS(=O)CCNC(=O)c1cc(S(=O)(=O)Cl)cc(Cl)c1C. The lowest BCUT2D eigenvalue weighted by molar-refractivity contribution is 0.0955. The first-order valence-electron chi connectivity index (χ1n) is 6.04. The third kappa shape index (κ3) is 5.25. The number of carbonyl (C=O) groups excluding carboxylic acids is 1. The lowest BCUT2D eigenvalue weighted by Crippen LogP contribution is -2.28. The summed E-state index contributed by atoms with van der Waals surface area (Å²) in [6, 6.07) is 2.37. The van der Waals surface area contributed by atoms with Gasteiger partial charge in [0.1, 0.15) is 0 Å². The molecule has 0 saturated carbocycles. The van der Waals surface area contributed by atoms with Crippen LogP contribution in [0.25, 0.3) is 0 Å². The standard InChI is InChI=1S/C12H15Cl2NO4S2/c1-3-20(17)5-4-15-12(16)10-6-9(21(14,18)19)7-11(13)8(10)2/h6-7H,3-5H2,1-2H3,(H,15,16). The van der Waals surface area contributed by atoms with Crippen LogP contribution in [0, 0.1) is 6.92 Å². The third-order valence-corrected chi connectivity index (χ3v) is 5.81. The first-order chi connectivity index (χ1) is 9.66. The second kappa shape index (κ2) is 7.58. The van der Waals surface area contributed by atoms with Crippen molar-refractivity contribution in [2.45, 2.75) is 18.7 Å². The van der Waals surface area contributed by atoms with Crippen LogP contribution >= 0.6 is 22.3 Å². The summed E-state index contributed by atoms with van der Waals surface area (Å²) in [7, 11) is 0.303. The van der Waals surface area contributed by atoms with E-state index in [0.717, 1.165) is 0 Å². The zero-order chi connectivity index (χ0) is 16.2. The maximum absolute atomic E-state index is 12.1. The van der Waals surface area contributed by atoms with Gasteiger partial charge < -0.3 is 5.32 Å². The van der Waals surface area contributed by atoms with E-state index in [4.69, 9.17) is 22.3 Å². The molecule has 1 amide bonds. The first-order valence-corrected chi connectivity index (χ1v) is 10.2. The van der Waals surface area contributed by atoms with Crippen molar-refractivity contribution >= 4 is 48.0 Å². The molecule has 1 N–H and O–H groups in total. The van der Waals surface area contributed by atoms with E-state index in [1.165, 1.54) is 12.1 Å². The van der Waals surface area contributed by atoms with Crippen LogP contribution in [0.15, 0.2) is 17.0 Å². The first kappa shape index (κ1) is 18.4. The molecular formula is C12H15Cl2NO4S2. The number of benzene rings is 1. The summed E-state index contributed by atoms with van der Waals surface area (Å²) < 4.78 is 34.0. The number of rotatable bonds is 6. The van der Waals surface area contributed by atoms with Gasteiger partial charge in [0, 0.05) is 50.1 Å². The molecule has 0 spiro atoms. The molecule has 9 heteroatoms. The molecule has 1 rings (SSSR count). The van der Waals surface area contributed by atoms with Crippen molar-refractivity contribution in [3.05, 3.63) is 28.3 Å². The molecule has 0 aromatic heterocycles. The minimum Gasteiger partial charge on any atom is -0.351 e. The maximum atomic E-state index is 12.1. The van der Waals surface area contributed by atoms with Gasteiger partial charge in [-0.3, -0.25) is 9.00 Å². The average Bonchev–Trinajstić information content (AvgIpc) is 2.39. The molecule has 0 heterocycles. The number of nitrogens with one attached hydrogen (secondary N) is 1. The summed E-state index contributed by atoms with van der Waals surface area (Å²) >= 11 is 5.92. The van der Waals surface area contributed by atoms with Gasteiger partial charge in [0.2, 0.25) is 0 Å². The molecule has 118 valence electrons. The van der Waals surface area contributed by atoms with Crippen molar-refractivity contribution in [3.63, 3.8) is 0 Å². The van der Waals surface area contributed by atoms with Crippen molar-refractivity contribution in [2.75, 3.05) is 18.1 Å². The Morgan fingerprint density at radius 3 is 2.52 bits per heavy atom. The van der Waals surface area contributed by atoms with Crippen LogP contribution < -0.4 is 5.32 Å². The minimum absolute atomic E-state index is 0.129. The molecule has 1 aromatic rings. The molecule has 1 atom stereocenters. The van der Waals surface area contributed by atoms with E-state index in [2.05, 4.69) is 5.32 Å². The molecule has 0 radical (unpaired) electrons. The highest BCUT2D eigenvalue weighted by atomic mass is 35.7. The predicted octanol–water partition coefficient (Wildman–Crippen LogP) is 2.07. The van der Waals surface area contributed by atoms with Gasteiger partial charge in [-0.2, -0.15) is 0 Å². The highest BCUT2D eigenvalue weighted by Gasteiger charge is 2.18. The van der Waals surface area contributed by atoms with Gasteiger partial charge >= 0.3 is 0 Å². The average molecular weight is 372 g/mol. The molecule has 5 nitrogen and oxygen atoms in total. The van der Waals surface area contributed by atoms with Gasteiger partial charge in [-0.1, -0.05) is 18.5 Å². The Morgan fingerprint density at radius 1 is 1.38 bits per heavy atom. The predicted molar refractivity (Wildman–Crippen MR) is 85.1 cm³/mol. The van der Waals surface area contributed by atoms with Crippen LogP contribution in [0.2, 0.25) is 5.02 Å². The van der Waals surface area contributed by atoms with Crippen molar-refractivity contribution in [1.82, 2.24) is 5.32 Å². The van der Waals surface area contributed by atoms with E-state index in [9.17, 15) is 17.4 Å². The lowest BCUT2D eigenvalue weighted by Gasteiger charge is -2.10. The van der Waals surface area contributed by atoms with Gasteiger partial charge in [0.05, 0.1) is 4.90 Å². The Balaban J connectivity index is 2.99. The highest BCUT2D eigenvalue weighted by Crippen LogP contribution is 2.26. The Bertz CT molecular complexity index is 674. The van der Waals surface area contributed by atoms with Crippen molar-refractivity contribution < 1.29 is 17.4 Å². The van der Waals surface area contributed by atoms with Crippen molar-refractivity contribution in [3.8, 4) is 0 Å². The number of carbonyl (C=O) groups is 1. The van der Waals surface area contributed by atoms with E-state index < -0.39 is 25.8 Å². The quantitative estimate of drug-likeness (QED) is 0.776. The van der Waals surface area contributed by atoms with Crippen LogP contribution in [-0.4, -0.2) is 36.6 Å². The van der Waals surface area contributed by atoms with E-state index in [0.29, 0.717) is 17.1 Å². The smallest absolute Gasteiger partial charge is 0.261 e. The van der Waals surface area contributed by atoms with Crippen LogP contribution in [0.3, 0.4) is 0 Å². The number of hydrogen-bond acceptors (Lipinski definition) is 4. The second-order valence-electron chi connectivity index (χ2n) is 4.20. The van der Waals surface area contributed by atoms with E-state index in [1.54, 1.807) is 13.8 Å². The maximum Gasteiger partial charge on any atom is 0.261 e. The molecule has 1 aromatic carbocycles. The van der Waals surface area contributed by atoms with Crippen LogP contribution in [0.5, 0.6) is 0 Å². The summed E-state index contributed by atoms with van der Waals surface area (Å²) in [6.07, 6.45) is 0. The lowest BCUT2D eigenvalue weighted by atomic mass is 10.1. The summed E-state index contributed by atoms with van der Waals surface area (Å²) in [6.45, 7) is 3.62. The zero-order valence-electron chi connectivity index (χ0n) is 11.5. The summed E-state index contributed by atoms with van der Waals surface area (Å²) in [5, 5.41) is 2.72. The fourth-order valence-electron chi connectivity index (χ4n) is 1.55. The van der Waals surface area contributed by atoms with Crippen molar-refractivity contribution in [2.24, 2.45) is 0 Å². The largest absolute Gasteiger partial charge is 0.351 e. The Kier molecular flexibility index (Phi) is 6.65. The number of hydrogen-bond donors (Lipinski definition) is 1.